The molecule has 0 fully saturated rings. The first-order chi connectivity index (χ1) is 7.36. The minimum atomic E-state index is -4.57. The van der Waals surface area contributed by atoms with Crippen LogP contribution in [0.25, 0.3) is 0 Å². The van der Waals surface area contributed by atoms with Crippen LogP contribution in [0.1, 0.15) is 16.2 Å². The van der Waals surface area contributed by atoms with E-state index in [0.29, 0.717) is 0 Å². The minimum absolute atomic E-state index is 0.320. The van der Waals surface area contributed by atoms with Gasteiger partial charge < -0.3 is 0 Å². The van der Waals surface area contributed by atoms with Gasteiger partial charge in [-0.2, -0.15) is 13.2 Å². The number of carbonyl (C=O) groups is 1. The number of amides is 1. The smallest absolute Gasteiger partial charge is 0.274 e. The number of halogens is 3. The summed E-state index contributed by atoms with van der Waals surface area (Å²) < 4.78 is 36.9. The van der Waals surface area contributed by atoms with Gasteiger partial charge in [-0.05, 0) is 12.1 Å². The lowest BCUT2D eigenvalue weighted by atomic mass is 10.3. The summed E-state index contributed by atoms with van der Waals surface area (Å²) >= 11 is 0. The highest BCUT2D eigenvalue weighted by atomic mass is 19.4. The summed E-state index contributed by atoms with van der Waals surface area (Å²) in [5.41, 5.74) is -1.43. The molecule has 1 rings (SSSR count). The van der Waals surface area contributed by atoms with Gasteiger partial charge in [0, 0.05) is 7.05 Å². The van der Waals surface area contributed by atoms with E-state index in [9.17, 15) is 18.0 Å². The Labute approximate surface area is 89.6 Å². The molecule has 0 radical (unpaired) electrons. The monoisotopic (exact) mass is 234 g/mol. The van der Waals surface area contributed by atoms with Gasteiger partial charge >= 0.3 is 6.18 Å². The molecule has 0 atom stereocenters. The molecule has 0 aromatic carbocycles. The Morgan fingerprint density at radius 3 is 2.56 bits per heavy atom. The lowest BCUT2D eigenvalue weighted by molar-refractivity contribution is -0.141. The quantitative estimate of drug-likeness (QED) is 0.732. The van der Waals surface area contributed by atoms with E-state index in [1.165, 1.54) is 20.2 Å². The largest absolute Gasteiger partial charge is 0.433 e. The maximum atomic E-state index is 12.3. The lowest BCUT2D eigenvalue weighted by Gasteiger charge is -2.13. The average molecular weight is 234 g/mol. The second kappa shape index (κ2) is 4.48. The normalized spacial score (nSPS) is 11.3. The number of alkyl halides is 3. The number of pyridine rings is 1. The van der Waals surface area contributed by atoms with E-state index >= 15 is 0 Å². The molecule has 1 aromatic rings. The highest BCUT2D eigenvalue weighted by Crippen LogP contribution is 2.27. The van der Waals surface area contributed by atoms with Gasteiger partial charge in [-0.25, -0.2) is 10.0 Å². The van der Waals surface area contributed by atoms with Gasteiger partial charge in [0.15, 0.2) is 0 Å². The van der Waals surface area contributed by atoms with Gasteiger partial charge in [0.2, 0.25) is 0 Å². The predicted octanol–water partition coefficient (Wildman–Crippen LogP) is 1.73. The Hall–Kier alpha value is -1.63. The second-order valence-electron chi connectivity index (χ2n) is 2.89. The molecule has 0 saturated heterocycles. The molecular formula is C9H9F3N2O2. The van der Waals surface area contributed by atoms with Crippen LogP contribution in [0, 0.1) is 0 Å². The van der Waals surface area contributed by atoms with Gasteiger partial charge in [-0.15, -0.1) is 0 Å². The molecule has 0 unspecified atom stereocenters. The third-order valence-corrected chi connectivity index (χ3v) is 1.82. The fourth-order valence-corrected chi connectivity index (χ4v) is 0.956. The predicted molar refractivity (Wildman–Crippen MR) is 48.3 cm³/mol. The van der Waals surface area contributed by atoms with Crippen LogP contribution >= 0.6 is 0 Å². The van der Waals surface area contributed by atoms with Crippen molar-refractivity contribution in [1.82, 2.24) is 10.0 Å². The molecule has 0 aliphatic rings. The lowest BCUT2D eigenvalue weighted by Crippen LogP contribution is -2.27. The van der Waals surface area contributed by atoms with Gasteiger partial charge in [-0.1, -0.05) is 6.07 Å². The number of hydrogen-bond donors (Lipinski definition) is 0. The van der Waals surface area contributed by atoms with Crippen LogP contribution in [-0.2, 0) is 11.0 Å². The summed E-state index contributed by atoms with van der Waals surface area (Å²) in [6.45, 7) is 0. The summed E-state index contributed by atoms with van der Waals surface area (Å²) in [7, 11) is 2.51. The first-order valence-corrected chi connectivity index (χ1v) is 4.22. The zero-order valence-corrected chi connectivity index (χ0v) is 8.58. The molecule has 0 aliphatic heterocycles. The Morgan fingerprint density at radius 1 is 1.44 bits per heavy atom. The van der Waals surface area contributed by atoms with E-state index in [2.05, 4.69) is 9.82 Å². The van der Waals surface area contributed by atoms with Crippen molar-refractivity contribution in [3.8, 4) is 0 Å². The molecule has 0 aliphatic carbocycles. The van der Waals surface area contributed by atoms with Crippen LogP contribution in [0.4, 0.5) is 13.2 Å². The van der Waals surface area contributed by atoms with Crippen molar-refractivity contribution in [3.05, 3.63) is 29.6 Å². The van der Waals surface area contributed by atoms with Crippen LogP contribution in [0.2, 0.25) is 0 Å². The van der Waals surface area contributed by atoms with Crippen molar-refractivity contribution in [2.24, 2.45) is 0 Å². The van der Waals surface area contributed by atoms with Gasteiger partial charge in [0.05, 0.1) is 7.11 Å². The molecular weight excluding hydrogens is 225 g/mol. The number of rotatable bonds is 2. The number of hydrogen-bond acceptors (Lipinski definition) is 3. The van der Waals surface area contributed by atoms with Gasteiger partial charge in [0.1, 0.15) is 11.4 Å². The van der Waals surface area contributed by atoms with Crippen LogP contribution in [-0.4, -0.2) is 30.1 Å². The summed E-state index contributed by atoms with van der Waals surface area (Å²) in [5.74, 6) is -0.742. The molecule has 0 saturated carbocycles. The molecule has 1 amide bonds. The number of nitrogens with zero attached hydrogens (tertiary/aromatic N) is 2. The van der Waals surface area contributed by atoms with Crippen LogP contribution in [0.3, 0.4) is 0 Å². The third kappa shape index (κ3) is 2.69. The number of hydroxylamine groups is 2. The van der Waals surface area contributed by atoms with Crippen molar-refractivity contribution in [2.45, 2.75) is 6.18 Å². The maximum absolute atomic E-state index is 12.3. The Balaban J connectivity index is 3.04. The molecule has 7 heteroatoms. The highest BCUT2D eigenvalue weighted by molar-refractivity contribution is 5.91. The van der Waals surface area contributed by atoms with E-state index in [-0.39, 0.29) is 5.69 Å². The van der Waals surface area contributed by atoms with Gasteiger partial charge in [-0.3, -0.25) is 9.63 Å². The summed E-state index contributed by atoms with van der Waals surface area (Å²) in [4.78, 5) is 19.2. The molecule has 1 heterocycles. The first kappa shape index (κ1) is 12.4. The molecule has 0 N–H and O–H groups in total. The molecule has 16 heavy (non-hydrogen) atoms. The standard InChI is InChI=1S/C9H9F3N2O2/c1-14(16-2)8(15)6-4-3-5-7(13-6)9(10,11)12/h3-5H,1-2H3. The zero-order chi connectivity index (χ0) is 12.3. The SMILES string of the molecule is CON(C)C(=O)c1cccc(C(F)(F)F)n1. The number of carbonyl (C=O) groups excluding carboxylic acids is 1. The van der Waals surface area contributed by atoms with Crippen molar-refractivity contribution in [2.75, 3.05) is 14.2 Å². The van der Waals surface area contributed by atoms with E-state index in [0.717, 1.165) is 17.2 Å². The fraction of sp³-hybridized carbons (Fsp3) is 0.333. The second-order valence-corrected chi connectivity index (χ2v) is 2.89. The highest BCUT2D eigenvalue weighted by Gasteiger charge is 2.33. The van der Waals surface area contributed by atoms with Crippen molar-refractivity contribution in [1.29, 1.82) is 0 Å². The summed E-state index contributed by atoms with van der Waals surface area (Å²) in [5, 5.41) is 0.794. The van der Waals surface area contributed by atoms with E-state index in [4.69, 9.17) is 0 Å². The molecule has 88 valence electrons. The molecule has 0 spiro atoms. The Kier molecular flexibility index (Phi) is 3.48. The zero-order valence-electron chi connectivity index (χ0n) is 8.58. The third-order valence-electron chi connectivity index (χ3n) is 1.82. The molecule has 0 bridgehead atoms. The topological polar surface area (TPSA) is 42.4 Å². The Morgan fingerprint density at radius 2 is 2.06 bits per heavy atom. The summed E-state index contributed by atoms with van der Waals surface area (Å²) in [6, 6.07) is 3.10. The van der Waals surface area contributed by atoms with E-state index in [1.807, 2.05) is 0 Å². The van der Waals surface area contributed by atoms with Gasteiger partial charge in [0.25, 0.3) is 5.91 Å². The van der Waals surface area contributed by atoms with Crippen molar-refractivity contribution >= 4 is 5.91 Å². The molecule has 1 aromatic heterocycles. The summed E-state index contributed by atoms with van der Waals surface area (Å²) in [6.07, 6.45) is -4.57. The van der Waals surface area contributed by atoms with Crippen molar-refractivity contribution < 1.29 is 22.8 Å². The van der Waals surface area contributed by atoms with E-state index < -0.39 is 17.8 Å². The fourth-order valence-electron chi connectivity index (χ4n) is 0.956. The van der Waals surface area contributed by atoms with Crippen LogP contribution in [0.5, 0.6) is 0 Å². The van der Waals surface area contributed by atoms with Crippen molar-refractivity contribution in [3.63, 3.8) is 0 Å². The Bertz CT molecular complexity index is 393. The minimum Gasteiger partial charge on any atom is -0.274 e. The van der Waals surface area contributed by atoms with E-state index in [1.54, 1.807) is 0 Å². The first-order valence-electron chi connectivity index (χ1n) is 4.22. The maximum Gasteiger partial charge on any atom is 0.433 e. The van der Waals surface area contributed by atoms with Crippen LogP contribution in [0.15, 0.2) is 18.2 Å². The number of aromatic nitrogens is 1. The van der Waals surface area contributed by atoms with Crippen LogP contribution < -0.4 is 0 Å². The average Bonchev–Trinajstić information content (AvgIpc) is 2.26. The molecule has 4 nitrogen and oxygen atoms in total.